The first-order chi connectivity index (χ1) is 10.1. The molecule has 0 radical (unpaired) electrons. The van der Waals surface area contributed by atoms with E-state index in [0.29, 0.717) is 18.5 Å². The van der Waals surface area contributed by atoms with Crippen molar-refractivity contribution >= 4 is 23.2 Å². The summed E-state index contributed by atoms with van der Waals surface area (Å²) in [6, 6.07) is 7.62. The number of nitrogens with one attached hydrogen (secondary N) is 2. The Hall–Kier alpha value is -1.88. The first kappa shape index (κ1) is 15.5. The lowest BCUT2D eigenvalue weighted by Gasteiger charge is -2.20. The van der Waals surface area contributed by atoms with Crippen LogP contribution in [0.4, 0.5) is 11.4 Å². The third-order valence-corrected chi connectivity index (χ3v) is 3.59. The van der Waals surface area contributed by atoms with E-state index in [1.807, 2.05) is 38.1 Å². The van der Waals surface area contributed by atoms with Gasteiger partial charge in [-0.05, 0) is 32.0 Å². The Labute approximate surface area is 125 Å². The maximum absolute atomic E-state index is 12.1. The second-order valence-corrected chi connectivity index (χ2v) is 5.38. The molecule has 0 aromatic heterocycles. The zero-order valence-electron chi connectivity index (χ0n) is 12.7. The maximum Gasteiger partial charge on any atom is 0.227 e. The Morgan fingerprint density at radius 1 is 1.38 bits per heavy atom. The zero-order chi connectivity index (χ0) is 15.2. The van der Waals surface area contributed by atoms with E-state index < -0.39 is 0 Å². The van der Waals surface area contributed by atoms with Crippen LogP contribution in [0.5, 0.6) is 0 Å². The lowest BCUT2D eigenvalue weighted by Crippen LogP contribution is -2.31. The van der Waals surface area contributed by atoms with E-state index in [2.05, 4.69) is 10.6 Å². The van der Waals surface area contributed by atoms with Crippen LogP contribution in [0, 0.1) is 0 Å². The van der Waals surface area contributed by atoms with Crippen LogP contribution in [0.25, 0.3) is 0 Å². The normalized spacial score (nSPS) is 16.1. The molecule has 1 atom stereocenters. The number of benzene rings is 1. The maximum atomic E-state index is 12.1. The van der Waals surface area contributed by atoms with Gasteiger partial charge in [0.2, 0.25) is 11.8 Å². The second-order valence-electron chi connectivity index (χ2n) is 5.38. The Bertz CT molecular complexity index is 516. The molecule has 21 heavy (non-hydrogen) atoms. The van der Waals surface area contributed by atoms with Crippen molar-refractivity contribution < 1.29 is 9.59 Å². The molecule has 1 aliphatic rings. The number of para-hydroxylation sites is 2. The number of nitrogens with zero attached hydrogens (tertiary/aromatic N) is 1. The molecule has 1 heterocycles. The third kappa shape index (κ3) is 4.04. The molecule has 1 aromatic carbocycles. The lowest BCUT2D eigenvalue weighted by molar-refractivity contribution is -0.117. The molecular weight excluding hydrogens is 266 g/mol. The SMILES string of the molecule is CCNC(C)CC(=O)Nc1ccccc1N1CCCC1=O. The molecule has 0 saturated carbocycles. The minimum Gasteiger partial charge on any atom is -0.324 e. The molecule has 0 spiro atoms. The van der Waals surface area contributed by atoms with Crippen LogP contribution < -0.4 is 15.5 Å². The minimum atomic E-state index is -0.0393. The van der Waals surface area contributed by atoms with Crippen molar-refractivity contribution in [3.05, 3.63) is 24.3 Å². The summed E-state index contributed by atoms with van der Waals surface area (Å²) in [7, 11) is 0. The topological polar surface area (TPSA) is 61.4 Å². The Morgan fingerprint density at radius 3 is 2.81 bits per heavy atom. The highest BCUT2D eigenvalue weighted by Crippen LogP contribution is 2.29. The summed E-state index contributed by atoms with van der Waals surface area (Å²) in [4.78, 5) is 25.7. The monoisotopic (exact) mass is 289 g/mol. The fourth-order valence-corrected chi connectivity index (χ4v) is 2.62. The molecule has 5 nitrogen and oxygen atoms in total. The molecule has 1 fully saturated rings. The van der Waals surface area contributed by atoms with Gasteiger partial charge < -0.3 is 15.5 Å². The van der Waals surface area contributed by atoms with E-state index in [0.717, 1.165) is 25.2 Å². The van der Waals surface area contributed by atoms with E-state index in [9.17, 15) is 9.59 Å². The number of hydrogen-bond donors (Lipinski definition) is 2. The number of carbonyl (C=O) groups is 2. The van der Waals surface area contributed by atoms with Crippen LogP contribution in [0.2, 0.25) is 0 Å². The number of amides is 2. The first-order valence-corrected chi connectivity index (χ1v) is 7.54. The van der Waals surface area contributed by atoms with Gasteiger partial charge >= 0.3 is 0 Å². The van der Waals surface area contributed by atoms with Crippen LogP contribution in [-0.4, -0.2) is 30.9 Å². The average molecular weight is 289 g/mol. The van der Waals surface area contributed by atoms with Crippen molar-refractivity contribution in [2.45, 2.75) is 39.2 Å². The van der Waals surface area contributed by atoms with Crippen LogP contribution in [0.15, 0.2) is 24.3 Å². The number of rotatable bonds is 6. The van der Waals surface area contributed by atoms with Crippen LogP contribution in [0.1, 0.15) is 33.1 Å². The molecule has 5 heteroatoms. The van der Waals surface area contributed by atoms with E-state index >= 15 is 0 Å². The van der Waals surface area contributed by atoms with E-state index in [-0.39, 0.29) is 17.9 Å². The van der Waals surface area contributed by atoms with Crippen LogP contribution in [-0.2, 0) is 9.59 Å². The first-order valence-electron chi connectivity index (χ1n) is 7.54. The fraction of sp³-hybridized carbons (Fsp3) is 0.500. The standard InChI is InChI=1S/C16H23N3O2/c1-3-17-12(2)11-15(20)18-13-7-4-5-8-14(13)19-10-6-9-16(19)21/h4-5,7-8,12,17H,3,6,9-11H2,1-2H3,(H,18,20). The number of hydrogen-bond acceptors (Lipinski definition) is 3. The van der Waals surface area contributed by atoms with Crippen molar-refractivity contribution in [2.75, 3.05) is 23.3 Å². The van der Waals surface area contributed by atoms with Crippen LogP contribution >= 0.6 is 0 Å². The molecule has 2 amide bonds. The number of anilines is 2. The van der Waals surface area contributed by atoms with E-state index in [4.69, 9.17) is 0 Å². The quantitative estimate of drug-likeness (QED) is 0.843. The van der Waals surface area contributed by atoms with Crippen molar-refractivity contribution in [1.29, 1.82) is 0 Å². The second kappa shape index (κ2) is 7.22. The van der Waals surface area contributed by atoms with Crippen molar-refractivity contribution in [3.8, 4) is 0 Å². The lowest BCUT2D eigenvalue weighted by atomic mass is 10.2. The summed E-state index contributed by atoms with van der Waals surface area (Å²) in [6.45, 7) is 5.56. The molecule has 0 bridgehead atoms. The third-order valence-electron chi connectivity index (χ3n) is 3.59. The Balaban J connectivity index is 2.06. The highest BCUT2D eigenvalue weighted by atomic mass is 16.2. The summed E-state index contributed by atoms with van der Waals surface area (Å²) in [5, 5.41) is 6.14. The predicted molar refractivity (Wildman–Crippen MR) is 84.4 cm³/mol. The van der Waals surface area contributed by atoms with Gasteiger partial charge in [0, 0.05) is 25.4 Å². The Kier molecular flexibility index (Phi) is 5.33. The number of carbonyl (C=O) groups excluding carboxylic acids is 2. The Morgan fingerprint density at radius 2 is 2.14 bits per heavy atom. The van der Waals surface area contributed by atoms with E-state index in [1.165, 1.54) is 0 Å². The molecule has 1 saturated heterocycles. The zero-order valence-corrected chi connectivity index (χ0v) is 12.7. The minimum absolute atomic E-state index is 0.0393. The summed E-state index contributed by atoms with van der Waals surface area (Å²) < 4.78 is 0. The molecular formula is C16H23N3O2. The van der Waals surface area contributed by atoms with Gasteiger partial charge in [-0.2, -0.15) is 0 Å². The van der Waals surface area contributed by atoms with Crippen molar-refractivity contribution in [1.82, 2.24) is 5.32 Å². The fourth-order valence-electron chi connectivity index (χ4n) is 2.62. The molecule has 1 aromatic rings. The molecule has 2 N–H and O–H groups in total. The van der Waals surface area contributed by atoms with E-state index in [1.54, 1.807) is 4.90 Å². The molecule has 0 aliphatic carbocycles. The summed E-state index contributed by atoms with van der Waals surface area (Å²) >= 11 is 0. The molecule has 114 valence electrons. The molecule has 1 aliphatic heterocycles. The van der Waals surface area contributed by atoms with Gasteiger partial charge in [0.15, 0.2) is 0 Å². The average Bonchev–Trinajstić information content (AvgIpc) is 2.85. The summed E-state index contributed by atoms with van der Waals surface area (Å²) in [6.07, 6.45) is 1.87. The van der Waals surface area contributed by atoms with Crippen LogP contribution in [0.3, 0.4) is 0 Å². The summed E-state index contributed by atoms with van der Waals surface area (Å²) in [5.74, 6) is 0.0836. The van der Waals surface area contributed by atoms with Gasteiger partial charge in [0.25, 0.3) is 0 Å². The molecule has 2 rings (SSSR count). The largest absolute Gasteiger partial charge is 0.324 e. The van der Waals surface area contributed by atoms with Gasteiger partial charge in [-0.3, -0.25) is 9.59 Å². The van der Waals surface area contributed by atoms with Gasteiger partial charge in [0.05, 0.1) is 11.4 Å². The predicted octanol–water partition coefficient (Wildman–Crippen LogP) is 2.14. The summed E-state index contributed by atoms with van der Waals surface area (Å²) in [5.41, 5.74) is 1.51. The highest BCUT2D eigenvalue weighted by molar-refractivity contribution is 6.02. The smallest absolute Gasteiger partial charge is 0.227 e. The van der Waals surface area contributed by atoms with Gasteiger partial charge in [-0.25, -0.2) is 0 Å². The van der Waals surface area contributed by atoms with Crippen molar-refractivity contribution in [3.63, 3.8) is 0 Å². The van der Waals surface area contributed by atoms with Gasteiger partial charge in [-0.1, -0.05) is 19.1 Å². The van der Waals surface area contributed by atoms with Gasteiger partial charge in [-0.15, -0.1) is 0 Å². The van der Waals surface area contributed by atoms with Gasteiger partial charge in [0.1, 0.15) is 0 Å². The van der Waals surface area contributed by atoms with Crippen molar-refractivity contribution in [2.24, 2.45) is 0 Å². The molecule has 1 unspecified atom stereocenters. The highest BCUT2D eigenvalue weighted by Gasteiger charge is 2.24.